The SMILES string of the molecule is CC(C)(C)C(C)(Cl)CC(Cl)(Cl)Cl. The summed E-state index contributed by atoms with van der Waals surface area (Å²) in [4.78, 5) is -0.502. The van der Waals surface area contributed by atoms with E-state index in [4.69, 9.17) is 46.4 Å². The van der Waals surface area contributed by atoms with E-state index < -0.39 is 8.67 Å². The highest BCUT2D eigenvalue weighted by Gasteiger charge is 2.41. The smallest absolute Gasteiger partial charge is 0.119 e. The van der Waals surface area contributed by atoms with Crippen LogP contribution in [-0.4, -0.2) is 8.67 Å². The average Bonchev–Trinajstić information content (AvgIpc) is 1.52. The van der Waals surface area contributed by atoms with Crippen molar-refractivity contribution in [2.24, 2.45) is 5.41 Å². The van der Waals surface area contributed by atoms with Crippen molar-refractivity contribution in [1.29, 1.82) is 0 Å². The van der Waals surface area contributed by atoms with Crippen LogP contribution in [0.4, 0.5) is 0 Å². The molecule has 0 aliphatic carbocycles. The Morgan fingerprint density at radius 2 is 1.17 bits per heavy atom. The summed E-state index contributed by atoms with van der Waals surface area (Å²) < 4.78 is -1.27. The fourth-order valence-corrected chi connectivity index (χ4v) is 1.85. The maximum absolute atomic E-state index is 6.24. The lowest BCUT2D eigenvalue weighted by atomic mass is 9.79. The van der Waals surface area contributed by atoms with Crippen molar-refractivity contribution in [1.82, 2.24) is 0 Å². The standard InChI is InChI=1S/C8H14Cl4/c1-6(2,3)7(4,9)5-8(10,11)12/h5H2,1-4H3. The molecule has 0 bridgehead atoms. The van der Waals surface area contributed by atoms with Crippen molar-refractivity contribution in [3.63, 3.8) is 0 Å². The normalized spacial score (nSPS) is 19.0. The van der Waals surface area contributed by atoms with Crippen molar-refractivity contribution in [2.75, 3.05) is 0 Å². The third-order valence-electron chi connectivity index (χ3n) is 2.10. The Labute approximate surface area is 94.5 Å². The first kappa shape index (κ1) is 13.2. The van der Waals surface area contributed by atoms with Gasteiger partial charge in [0.05, 0.1) is 4.87 Å². The fourth-order valence-electron chi connectivity index (χ4n) is 0.642. The van der Waals surface area contributed by atoms with Gasteiger partial charge in [0.25, 0.3) is 0 Å². The maximum atomic E-state index is 6.24. The minimum Gasteiger partial charge on any atom is -0.119 e. The summed E-state index contributed by atoms with van der Waals surface area (Å²) in [6.07, 6.45) is 0.343. The lowest BCUT2D eigenvalue weighted by molar-refractivity contribution is 0.279. The van der Waals surface area contributed by atoms with Gasteiger partial charge in [-0.3, -0.25) is 0 Å². The summed E-state index contributed by atoms with van der Waals surface area (Å²) in [6, 6.07) is 0. The lowest BCUT2D eigenvalue weighted by Gasteiger charge is -2.38. The molecule has 0 aliphatic rings. The van der Waals surface area contributed by atoms with Gasteiger partial charge in [-0.05, 0) is 12.3 Å². The van der Waals surface area contributed by atoms with Crippen molar-refractivity contribution in [2.45, 2.75) is 42.8 Å². The van der Waals surface area contributed by atoms with E-state index in [0.717, 1.165) is 0 Å². The van der Waals surface area contributed by atoms with E-state index in [2.05, 4.69) is 0 Å². The maximum Gasteiger partial charge on any atom is 0.192 e. The van der Waals surface area contributed by atoms with E-state index in [1.54, 1.807) is 0 Å². The molecule has 0 saturated carbocycles. The monoisotopic (exact) mass is 250 g/mol. The summed E-state index contributed by atoms with van der Waals surface area (Å²) in [5.41, 5.74) is -0.0848. The van der Waals surface area contributed by atoms with E-state index in [0.29, 0.717) is 6.42 Å². The highest BCUT2D eigenvalue weighted by molar-refractivity contribution is 6.67. The summed E-state index contributed by atoms with van der Waals surface area (Å²) in [6.45, 7) is 7.96. The van der Waals surface area contributed by atoms with Crippen LogP contribution in [0.1, 0.15) is 34.1 Å². The Balaban J connectivity index is 4.44. The van der Waals surface area contributed by atoms with E-state index in [9.17, 15) is 0 Å². The molecule has 0 fully saturated rings. The van der Waals surface area contributed by atoms with Gasteiger partial charge < -0.3 is 0 Å². The summed E-state index contributed by atoms with van der Waals surface area (Å²) in [5, 5.41) is 0. The number of alkyl halides is 4. The molecule has 1 unspecified atom stereocenters. The van der Waals surface area contributed by atoms with Gasteiger partial charge in [-0.15, -0.1) is 11.6 Å². The van der Waals surface area contributed by atoms with Crippen molar-refractivity contribution >= 4 is 46.4 Å². The van der Waals surface area contributed by atoms with Crippen LogP contribution >= 0.6 is 46.4 Å². The first-order valence-electron chi connectivity index (χ1n) is 3.71. The molecule has 0 rings (SSSR count). The van der Waals surface area contributed by atoms with Crippen LogP contribution in [0.25, 0.3) is 0 Å². The van der Waals surface area contributed by atoms with Crippen LogP contribution in [0, 0.1) is 5.41 Å². The molecule has 0 aromatic rings. The molecular weight excluding hydrogens is 238 g/mol. The van der Waals surface area contributed by atoms with E-state index in [-0.39, 0.29) is 5.41 Å². The number of hydrogen-bond acceptors (Lipinski definition) is 0. The van der Waals surface area contributed by atoms with Gasteiger partial charge in [0.15, 0.2) is 3.79 Å². The Bertz CT molecular complexity index is 149. The van der Waals surface area contributed by atoms with Gasteiger partial charge in [-0.25, -0.2) is 0 Å². The van der Waals surface area contributed by atoms with Crippen molar-refractivity contribution < 1.29 is 0 Å². The molecule has 0 spiro atoms. The second-order valence-electron chi connectivity index (χ2n) is 4.24. The lowest BCUT2D eigenvalue weighted by Crippen LogP contribution is -2.37. The summed E-state index contributed by atoms with van der Waals surface area (Å²) in [5.74, 6) is 0. The number of hydrogen-bond donors (Lipinski definition) is 0. The van der Waals surface area contributed by atoms with Gasteiger partial charge in [0, 0.05) is 6.42 Å². The molecule has 12 heavy (non-hydrogen) atoms. The highest BCUT2D eigenvalue weighted by atomic mass is 35.6. The molecule has 1 atom stereocenters. The predicted octanol–water partition coefficient (Wildman–Crippen LogP) is 4.79. The van der Waals surface area contributed by atoms with E-state index in [1.807, 2.05) is 27.7 Å². The second kappa shape index (κ2) is 3.73. The molecule has 0 saturated heterocycles. The van der Waals surface area contributed by atoms with Gasteiger partial charge >= 0.3 is 0 Å². The first-order valence-corrected chi connectivity index (χ1v) is 5.22. The zero-order valence-corrected chi connectivity index (χ0v) is 10.7. The minimum absolute atomic E-state index is 0.0848. The quantitative estimate of drug-likeness (QED) is 0.588. The minimum atomic E-state index is -1.27. The zero-order valence-electron chi connectivity index (χ0n) is 7.72. The van der Waals surface area contributed by atoms with Gasteiger partial charge in [-0.1, -0.05) is 55.6 Å². The molecule has 0 aromatic carbocycles. The number of rotatable bonds is 1. The van der Waals surface area contributed by atoms with Gasteiger partial charge in [0.1, 0.15) is 0 Å². The topological polar surface area (TPSA) is 0 Å². The Kier molecular flexibility index (Phi) is 4.09. The van der Waals surface area contributed by atoms with Crippen molar-refractivity contribution in [3.8, 4) is 0 Å². The second-order valence-corrected chi connectivity index (χ2v) is 7.59. The Morgan fingerprint density at radius 3 is 1.25 bits per heavy atom. The molecule has 0 N–H and O–H groups in total. The van der Waals surface area contributed by atoms with Crippen LogP contribution in [0.2, 0.25) is 0 Å². The molecule has 4 heteroatoms. The highest BCUT2D eigenvalue weighted by Crippen LogP contribution is 2.46. The van der Waals surface area contributed by atoms with Crippen LogP contribution < -0.4 is 0 Å². The third-order valence-corrected chi connectivity index (χ3v) is 3.20. The van der Waals surface area contributed by atoms with Gasteiger partial charge in [0.2, 0.25) is 0 Å². The Morgan fingerprint density at radius 1 is 0.833 bits per heavy atom. The molecule has 0 radical (unpaired) electrons. The molecular formula is C8H14Cl4. The summed E-state index contributed by atoms with van der Waals surface area (Å²) in [7, 11) is 0. The third kappa shape index (κ3) is 4.41. The average molecular weight is 252 g/mol. The molecule has 0 aromatic heterocycles. The van der Waals surface area contributed by atoms with Crippen LogP contribution in [0.3, 0.4) is 0 Å². The first-order chi connectivity index (χ1) is 4.96. The zero-order chi connectivity index (χ0) is 10.2. The van der Waals surface area contributed by atoms with Crippen LogP contribution in [0.15, 0.2) is 0 Å². The van der Waals surface area contributed by atoms with Crippen molar-refractivity contribution in [3.05, 3.63) is 0 Å². The molecule has 0 nitrogen and oxygen atoms in total. The largest absolute Gasteiger partial charge is 0.192 e. The summed E-state index contributed by atoms with van der Waals surface area (Å²) >= 11 is 23.3. The van der Waals surface area contributed by atoms with E-state index >= 15 is 0 Å². The Hall–Kier alpha value is 1.16. The molecule has 0 aliphatic heterocycles. The number of halogens is 4. The van der Waals surface area contributed by atoms with Crippen LogP contribution in [-0.2, 0) is 0 Å². The van der Waals surface area contributed by atoms with E-state index in [1.165, 1.54) is 0 Å². The van der Waals surface area contributed by atoms with Crippen LogP contribution in [0.5, 0.6) is 0 Å². The molecule has 74 valence electrons. The van der Waals surface area contributed by atoms with Gasteiger partial charge in [-0.2, -0.15) is 0 Å². The fraction of sp³-hybridized carbons (Fsp3) is 1.00. The molecule has 0 amide bonds. The predicted molar refractivity (Wildman–Crippen MR) is 58.6 cm³/mol. The molecule has 0 heterocycles.